The van der Waals surface area contributed by atoms with Gasteiger partial charge in [0.15, 0.2) is 0 Å². The Hall–Kier alpha value is -2.62. The van der Waals surface area contributed by atoms with Crippen LogP contribution in [0.5, 0.6) is 5.75 Å². The molecule has 2 aromatic carbocycles. The highest BCUT2D eigenvalue weighted by molar-refractivity contribution is 7.89. The van der Waals surface area contributed by atoms with E-state index in [1.165, 1.54) is 23.5 Å². The molecule has 188 valence electrons. The zero-order valence-corrected chi connectivity index (χ0v) is 21.2. The van der Waals surface area contributed by atoms with Crippen LogP contribution in [0.25, 0.3) is 0 Å². The molecule has 10 heteroatoms. The molecular weight excluding hydrogens is 490 g/mol. The van der Waals surface area contributed by atoms with E-state index >= 15 is 0 Å². The van der Waals surface area contributed by atoms with Gasteiger partial charge in [-0.2, -0.15) is 4.31 Å². The number of methoxy groups -OCH3 is 1. The van der Waals surface area contributed by atoms with Crippen LogP contribution in [-0.4, -0.2) is 68.8 Å². The molecule has 1 atom stereocenters. The zero-order valence-electron chi connectivity index (χ0n) is 19.7. The fraction of sp³-hybridized carbons (Fsp3) is 0.440. The maximum absolute atomic E-state index is 13.4. The van der Waals surface area contributed by atoms with E-state index < -0.39 is 16.1 Å². The molecule has 35 heavy (non-hydrogen) atoms. The van der Waals surface area contributed by atoms with E-state index in [9.17, 15) is 18.0 Å². The highest BCUT2D eigenvalue weighted by Crippen LogP contribution is 2.28. The van der Waals surface area contributed by atoms with E-state index in [4.69, 9.17) is 16.3 Å². The summed E-state index contributed by atoms with van der Waals surface area (Å²) < 4.78 is 32.8. The van der Waals surface area contributed by atoms with Gasteiger partial charge in [-0.05, 0) is 74.1 Å². The molecular formula is C25H30ClN3O5S. The van der Waals surface area contributed by atoms with Crippen LogP contribution in [0.2, 0.25) is 5.02 Å². The minimum Gasteiger partial charge on any atom is -0.497 e. The summed E-state index contributed by atoms with van der Waals surface area (Å²) in [7, 11) is -2.13. The van der Waals surface area contributed by atoms with Gasteiger partial charge in [0.05, 0.1) is 12.0 Å². The second-order valence-electron chi connectivity index (χ2n) is 8.91. The molecule has 0 radical (unpaired) electrons. The van der Waals surface area contributed by atoms with Crippen molar-refractivity contribution in [3.05, 3.63) is 59.1 Å². The Morgan fingerprint density at radius 3 is 2.31 bits per heavy atom. The fourth-order valence-electron chi connectivity index (χ4n) is 4.71. The molecule has 2 fully saturated rings. The average molecular weight is 520 g/mol. The Kier molecular flexibility index (Phi) is 7.98. The number of amides is 2. The summed E-state index contributed by atoms with van der Waals surface area (Å²) in [4.78, 5) is 28.5. The standard InChI is InChI=1S/C25H30ClN3O5S/c1-34-21-6-4-5-19(17-21)24(30)27-23(25(31)28-13-2-3-14-28)18-11-15-29(16-12-18)35(32,33)22-9-7-20(26)8-10-22/h4-10,17-18,23H,2-3,11-16H2,1H3,(H,27,30). The molecule has 2 heterocycles. The summed E-state index contributed by atoms with van der Waals surface area (Å²) in [5.74, 6) is -0.0643. The van der Waals surface area contributed by atoms with Crippen LogP contribution in [0.1, 0.15) is 36.0 Å². The highest BCUT2D eigenvalue weighted by Gasteiger charge is 2.38. The van der Waals surface area contributed by atoms with Crippen LogP contribution in [0.3, 0.4) is 0 Å². The second-order valence-corrected chi connectivity index (χ2v) is 11.3. The molecule has 0 bridgehead atoms. The van der Waals surface area contributed by atoms with Crippen molar-refractivity contribution in [3.63, 3.8) is 0 Å². The Morgan fingerprint density at radius 1 is 1.03 bits per heavy atom. The predicted molar refractivity (Wildman–Crippen MR) is 133 cm³/mol. The van der Waals surface area contributed by atoms with Crippen molar-refractivity contribution in [1.82, 2.24) is 14.5 Å². The monoisotopic (exact) mass is 519 g/mol. The molecule has 2 aromatic rings. The highest BCUT2D eigenvalue weighted by atomic mass is 35.5. The second kappa shape index (κ2) is 11.0. The van der Waals surface area contributed by atoms with E-state index in [0.717, 1.165) is 12.8 Å². The number of likely N-dealkylation sites (tertiary alicyclic amines) is 1. The molecule has 1 unspecified atom stereocenters. The number of carbonyl (C=O) groups excluding carboxylic acids is 2. The van der Waals surface area contributed by atoms with E-state index in [0.29, 0.717) is 42.3 Å². The molecule has 2 amide bonds. The van der Waals surface area contributed by atoms with Crippen molar-refractivity contribution >= 4 is 33.4 Å². The van der Waals surface area contributed by atoms with Gasteiger partial charge in [0.1, 0.15) is 11.8 Å². The van der Waals surface area contributed by atoms with E-state index in [1.54, 1.807) is 41.3 Å². The Labute approximate surface area is 211 Å². The topological polar surface area (TPSA) is 96.0 Å². The quantitative estimate of drug-likeness (QED) is 0.606. The minimum absolute atomic E-state index is 0.0993. The number of carbonyl (C=O) groups is 2. The molecule has 2 aliphatic rings. The van der Waals surface area contributed by atoms with Gasteiger partial charge >= 0.3 is 0 Å². The Morgan fingerprint density at radius 2 is 1.69 bits per heavy atom. The van der Waals surface area contributed by atoms with Gasteiger partial charge in [-0.25, -0.2) is 8.42 Å². The lowest BCUT2D eigenvalue weighted by Crippen LogP contribution is -2.54. The molecule has 1 N–H and O–H groups in total. The number of nitrogens with one attached hydrogen (secondary N) is 1. The van der Waals surface area contributed by atoms with Gasteiger partial charge in [-0.1, -0.05) is 17.7 Å². The van der Waals surface area contributed by atoms with Crippen molar-refractivity contribution in [3.8, 4) is 5.75 Å². The van der Waals surface area contributed by atoms with Crippen LogP contribution >= 0.6 is 11.6 Å². The fourth-order valence-corrected chi connectivity index (χ4v) is 6.31. The van der Waals surface area contributed by atoms with Crippen LogP contribution in [0.15, 0.2) is 53.4 Å². The minimum atomic E-state index is -3.66. The third-order valence-corrected chi connectivity index (χ3v) is 8.89. The maximum Gasteiger partial charge on any atom is 0.252 e. The third-order valence-electron chi connectivity index (χ3n) is 6.72. The molecule has 0 aliphatic carbocycles. The molecule has 0 saturated carbocycles. The first-order valence-electron chi connectivity index (χ1n) is 11.8. The molecule has 2 saturated heterocycles. The average Bonchev–Trinajstić information content (AvgIpc) is 3.42. The van der Waals surface area contributed by atoms with Crippen molar-refractivity contribution in [1.29, 1.82) is 0 Å². The van der Waals surface area contributed by atoms with Crippen LogP contribution in [0.4, 0.5) is 0 Å². The van der Waals surface area contributed by atoms with Crippen LogP contribution in [0, 0.1) is 5.92 Å². The van der Waals surface area contributed by atoms with E-state index in [2.05, 4.69) is 5.32 Å². The third kappa shape index (κ3) is 5.79. The Balaban J connectivity index is 1.49. The summed E-state index contributed by atoms with van der Waals surface area (Å²) in [5, 5.41) is 3.42. The van der Waals surface area contributed by atoms with Gasteiger partial charge in [0, 0.05) is 36.8 Å². The first-order valence-corrected chi connectivity index (χ1v) is 13.6. The number of sulfonamides is 1. The summed E-state index contributed by atoms with van der Waals surface area (Å²) in [6, 6.07) is 12.2. The lowest BCUT2D eigenvalue weighted by molar-refractivity contribution is -0.133. The van der Waals surface area contributed by atoms with Gasteiger partial charge < -0.3 is 15.0 Å². The van der Waals surface area contributed by atoms with Gasteiger partial charge in [0.25, 0.3) is 5.91 Å². The van der Waals surface area contributed by atoms with Crippen LogP contribution in [-0.2, 0) is 14.8 Å². The number of benzene rings is 2. The lowest BCUT2D eigenvalue weighted by Gasteiger charge is -2.36. The number of nitrogens with zero attached hydrogens (tertiary/aromatic N) is 2. The zero-order chi connectivity index (χ0) is 25.0. The Bertz CT molecular complexity index is 1160. The number of hydrogen-bond donors (Lipinski definition) is 1. The number of piperidine rings is 1. The first kappa shape index (κ1) is 25.5. The van der Waals surface area contributed by atoms with Crippen molar-refractivity contribution in [2.45, 2.75) is 36.6 Å². The summed E-state index contributed by atoms with van der Waals surface area (Å²) in [5.41, 5.74) is 0.409. The number of rotatable bonds is 7. The number of ether oxygens (including phenoxy) is 1. The molecule has 2 aliphatic heterocycles. The largest absolute Gasteiger partial charge is 0.497 e. The predicted octanol–water partition coefficient (Wildman–Crippen LogP) is 3.17. The number of hydrogen-bond acceptors (Lipinski definition) is 5. The molecule has 0 spiro atoms. The lowest BCUT2D eigenvalue weighted by atomic mass is 9.89. The normalized spacial score (nSPS) is 18.3. The molecule has 4 rings (SSSR count). The summed E-state index contributed by atoms with van der Waals surface area (Å²) in [6.07, 6.45) is 2.82. The van der Waals surface area contributed by atoms with Crippen LogP contribution < -0.4 is 10.1 Å². The van der Waals surface area contributed by atoms with Crippen molar-refractivity contribution < 1.29 is 22.7 Å². The van der Waals surface area contributed by atoms with Gasteiger partial charge in [-0.15, -0.1) is 0 Å². The van der Waals surface area contributed by atoms with Gasteiger partial charge in [-0.3, -0.25) is 9.59 Å². The smallest absolute Gasteiger partial charge is 0.252 e. The number of halogens is 1. The van der Waals surface area contributed by atoms with E-state index in [-0.39, 0.29) is 35.7 Å². The maximum atomic E-state index is 13.4. The van der Waals surface area contributed by atoms with Crippen molar-refractivity contribution in [2.75, 3.05) is 33.3 Å². The molecule has 8 nitrogen and oxygen atoms in total. The summed E-state index contributed by atoms with van der Waals surface area (Å²) in [6.45, 7) is 1.89. The van der Waals surface area contributed by atoms with Crippen molar-refractivity contribution in [2.24, 2.45) is 5.92 Å². The first-order chi connectivity index (χ1) is 16.8. The van der Waals surface area contributed by atoms with Gasteiger partial charge in [0.2, 0.25) is 15.9 Å². The van der Waals surface area contributed by atoms with E-state index in [1.807, 2.05) is 0 Å². The SMILES string of the molecule is COc1cccc(C(=O)NC(C(=O)N2CCCC2)C2CCN(S(=O)(=O)c3ccc(Cl)cc3)CC2)c1. The summed E-state index contributed by atoms with van der Waals surface area (Å²) >= 11 is 5.90. The molecule has 0 aromatic heterocycles.